The summed E-state index contributed by atoms with van der Waals surface area (Å²) in [6, 6.07) is 14.3. The van der Waals surface area contributed by atoms with E-state index >= 15 is 0 Å². The molecule has 9 heteroatoms. The molecule has 29 heavy (non-hydrogen) atoms. The predicted molar refractivity (Wildman–Crippen MR) is 106 cm³/mol. The molecule has 0 fully saturated rings. The van der Waals surface area contributed by atoms with Crippen LogP contribution in [0.25, 0.3) is 11.0 Å². The molecular weight excluding hydrogens is 377 g/mol. The van der Waals surface area contributed by atoms with Crippen LogP contribution in [0.4, 0.5) is 0 Å². The van der Waals surface area contributed by atoms with E-state index in [1.54, 1.807) is 30.5 Å². The van der Waals surface area contributed by atoms with Crippen molar-refractivity contribution in [2.24, 2.45) is 0 Å². The van der Waals surface area contributed by atoms with Crippen molar-refractivity contribution in [3.63, 3.8) is 0 Å². The van der Waals surface area contributed by atoms with Gasteiger partial charge in [-0.25, -0.2) is 0 Å². The number of ether oxygens (including phenoxy) is 1. The topological polar surface area (TPSA) is 121 Å². The number of carbonyl (C=O) groups is 1. The van der Waals surface area contributed by atoms with Crippen molar-refractivity contribution in [3.8, 4) is 5.75 Å². The van der Waals surface area contributed by atoms with Crippen LogP contribution in [-0.4, -0.2) is 47.8 Å². The average Bonchev–Trinajstić information content (AvgIpc) is 3.10. The molecule has 0 aliphatic rings. The Morgan fingerprint density at radius 1 is 1.14 bits per heavy atom. The van der Waals surface area contributed by atoms with E-state index in [-0.39, 0.29) is 32.0 Å². The Hall–Kier alpha value is -2.85. The summed E-state index contributed by atoms with van der Waals surface area (Å²) in [5, 5.41) is 30.7. The third-order valence-electron chi connectivity index (χ3n) is 4.22. The lowest BCUT2D eigenvalue weighted by Gasteiger charge is -2.19. The van der Waals surface area contributed by atoms with Crippen LogP contribution in [0.5, 0.6) is 5.75 Å². The Labute approximate surface area is 167 Å². The third-order valence-corrected chi connectivity index (χ3v) is 4.22. The van der Waals surface area contributed by atoms with Crippen molar-refractivity contribution in [2.75, 3.05) is 13.2 Å². The van der Waals surface area contributed by atoms with E-state index in [0.717, 1.165) is 16.5 Å². The second kappa shape index (κ2) is 10.1. The molecule has 0 bridgehead atoms. The lowest BCUT2D eigenvalue weighted by molar-refractivity contribution is -0.123. The van der Waals surface area contributed by atoms with Crippen LogP contribution in [0.2, 0.25) is 0 Å². The number of fused-ring (bicyclic) bond motifs is 1. The van der Waals surface area contributed by atoms with Crippen molar-refractivity contribution in [2.45, 2.75) is 19.1 Å². The summed E-state index contributed by atoms with van der Waals surface area (Å²) < 4.78 is 15.8. The zero-order valence-corrected chi connectivity index (χ0v) is 15.7. The number of rotatable bonds is 10. The molecule has 1 heterocycles. The number of nitrogens with one attached hydrogen (secondary N) is 1. The van der Waals surface area contributed by atoms with Gasteiger partial charge in [-0.15, -0.1) is 0 Å². The number of amides is 1. The van der Waals surface area contributed by atoms with Gasteiger partial charge in [0.2, 0.25) is 5.91 Å². The molecule has 1 atom stereocenters. The van der Waals surface area contributed by atoms with Gasteiger partial charge < -0.3 is 34.3 Å². The fourth-order valence-corrected chi connectivity index (χ4v) is 2.95. The summed E-state index contributed by atoms with van der Waals surface area (Å²) in [4.78, 5) is 12.4. The number of benzene rings is 2. The molecule has 3 aromatic rings. The molecule has 0 saturated carbocycles. The lowest BCUT2D eigenvalue weighted by atomic mass is 10.1. The molecule has 2 aromatic carbocycles. The van der Waals surface area contributed by atoms with E-state index < -0.39 is 13.5 Å². The molecule has 0 aliphatic carbocycles. The maximum absolute atomic E-state index is 12.4. The molecule has 4 N–H and O–H groups in total. The number of hydrogen-bond donors (Lipinski definition) is 4. The standard InChI is InChI=1S/C20H22BNO7/c23-9-10-27-16-7-5-14(6-8-16)11-19(24)22-20(29-21(25)26)12-15-13-28-18-4-2-1-3-17(15)18/h1-8,13,20,23,25-26H,9-12H2,(H,22,24)/t20-/m1/s1. The summed E-state index contributed by atoms with van der Waals surface area (Å²) >= 11 is 0. The van der Waals surface area contributed by atoms with E-state index in [1.807, 2.05) is 24.3 Å². The summed E-state index contributed by atoms with van der Waals surface area (Å²) in [7, 11) is -2.03. The van der Waals surface area contributed by atoms with Crippen molar-refractivity contribution in [3.05, 3.63) is 65.9 Å². The van der Waals surface area contributed by atoms with Gasteiger partial charge in [0, 0.05) is 17.4 Å². The van der Waals surface area contributed by atoms with Gasteiger partial charge in [-0.3, -0.25) is 4.79 Å². The van der Waals surface area contributed by atoms with Crippen molar-refractivity contribution >= 4 is 24.2 Å². The first-order valence-corrected chi connectivity index (χ1v) is 9.14. The van der Waals surface area contributed by atoms with E-state index in [1.165, 1.54) is 0 Å². The van der Waals surface area contributed by atoms with Crippen LogP contribution < -0.4 is 10.1 Å². The molecule has 1 aromatic heterocycles. The van der Waals surface area contributed by atoms with Gasteiger partial charge in [-0.2, -0.15) is 0 Å². The largest absolute Gasteiger partial charge is 0.635 e. The smallest absolute Gasteiger partial charge is 0.491 e. The molecule has 0 unspecified atom stereocenters. The number of para-hydroxylation sites is 1. The predicted octanol–water partition coefficient (Wildman–Crippen LogP) is 1.02. The number of hydrogen-bond acceptors (Lipinski definition) is 7. The van der Waals surface area contributed by atoms with Crippen LogP contribution in [0.3, 0.4) is 0 Å². The molecule has 8 nitrogen and oxygen atoms in total. The van der Waals surface area contributed by atoms with Gasteiger partial charge in [0.25, 0.3) is 0 Å². The Balaban J connectivity index is 1.62. The van der Waals surface area contributed by atoms with Gasteiger partial charge in [0.1, 0.15) is 24.2 Å². The first-order chi connectivity index (χ1) is 14.0. The number of furan rings is 1. The molecular formula is C20H22BNO7. The zero-order valence-electron chi connectivity index (χ0n) is 15.7. The van der Waals surface area contributed by atoms with Gasteiger partial charge in [0.15, 0.2) is 0 Å². The first-order valence-electron chi connectivity index (χ1n) is 9.14. The molecule has 0 spiro atoms. The Morgan fingerprint density at radius 2 is 1.90 bits per heavy atom. The van der Waals surface area contributed by atoms with Crippen molar-refractivity contribution in [1.29, 1.82) is 0 Å². The quantitative estimate of drug-likeness (QED) is 0.297. The molecule has 0 saturated heterocycles. The molecule has 152 valence electrons. The van der Waals surface area contributed by atoms with Crippen LogP contribution in [0, 0.1) is 0 Å². The van der Waals surface area contributed by atoms with Crippen LogP contribution >= 0.6 is 0 Å². The third kappa shape index (κ3) is 6.07. The van der Waals surface area contributed by atoms with Gasteiger partial charge >= 0.3 is 7.32 Å². The minimum Gasteiger partial charge on any atom is -0.491 e. The van der Waals surface area contributed by atoms with Gasteiger partial charge in [-0.05, 0) is 23.8 Å². The highest BCUT2D eigenvalue weighted by molar-refractivity contribution is 6.32. The minimum atomic E-state index is -2.03. The van der Waals surface area contributed by atoms with Crippen LogP contribution in [0.1, 0.15) is 11.1 Å². The Bertz CT molecular complexity index is 926. The number of aliphatic hydroxyl groups excluding tert-OH is 1. The van der Waals surface area contributed by atoms with Crippen LogP contribution in [-0.2, 0) is 22.3 Å². The summed E-state index contributed by atoms with van der Waals surface area (Å²) in [6.45, 7) is 0.124. The fourth-order valence-electron chi connectivity index (χ4n) is 2.95. The monoisotopic (exact) mass is 399 g/mol. The fraction of sp³-hybridized carbons (Fsp3) is 0.250. The van der Waals surface area contributed by atoms with E-state index in [2.05, 4.69) is 5.32 Å². The summed E-state index contributed by atoms with van der Waals surface area (Å²) in [5.74, 6) is 0.257. The average molecular weight is 399 g/mol. The number of carbonyl (C=O) groups excluding carboxylic acids is 1. The summed E-state index contributed by atoms with van der Waals surface area (Å²) in [5.41, 5.74) is 2.22. The Morgan fingerprint density at radius 3 is 2.62 bits per heavy atom. The normalized spacial score (nSPS) is 12.0. The van der Waals surface area contributed by atoms with Crippen LogP contribution in [0.15, 0.2) is 59.2 Å². The van der Waals surface area contributed by atoms with Crippen molar-refractivity contribution < 1.29 is 33.8 Å². The second-order valence-electron chi connectivity index (χ2n) is 6.37. The lowest BCUT2D eigenvalue weighted by Crippen LogP contribution is -2.43. The second-order valence-corrected chi connectivity index (χ2v) is 6.37. The summed E-state index contributed by atoms with van der Waals surface area (Å²) in [6.07, 6.45) is 0.889. The van der Waals surface area contributed by atoms with E-state index in [4.69, 9.17) is 18.9 Å². The molecule has 0 radical (unpaired) electrons. The minimum absolute atomic E-state index is 0.0752. The Kier molecular flexibility index (Phi) is 7.26. The zero-order chi connectivity index (χ0) is 20.6. The highest BCUT2D eigenvalue weighted by Gasteiger charge is 2.22. The van der Waals surface area contributed by atoms with E-state index in [0.29, 0.717) is 11.3 Å². The number of aliphatic hydroxyl groups is 1. The maximum atomic E-state index is 12.4. The molecule has 3 rings (SSSR count). The molecule has 0 aliphatic heterocycles. The SMILES string of the molecule is O=C(Cc1ccc(OCCO)cc1)N[C@@H](Cc1coc2ccccc12)OB(O)O. The molecule has 1 amide bonds. The van der Waals surface area contributed by atoms with Gasteiger partial charge in [-0.1, -0.05) is 30.3 Å². The van der Waals surface area contributed by atoms with E-state index in [9.17, 15) is 14.8 Å². The highest BCUT2D eigenvalue weighted by Crippen LogP contribution is 2.22. The van der Waals surface area contributed by atoms with Gasteiger partial charge in [0.05, 0.1) is 19.3 Å². The van der Waals surface area contributed by atoms with Crippen molar-refractivity contribution in [1.82, 2.24) is 5.32 Å². The maximum Gasteiger partial charge on any atom is 0.635 e. The highest BCUT2D eigenvalue weighted by atomic mass is 16.6. The first kappa shape index (κ1) is 20.9.